The molecule has 8 heteroatoms. The van der Waals surface area contributed by atoms with Gasteiger partial charge in [-0.25, -0.2) is 18.0 Å². The minimum Gasteiger partial charge on any atom is -0.480 e. The molecular weight excluding hydrogens is 272 g/mol. The maximum absolute atomic E-state index is 11.7. The fourth-order valence-electron chi connectivity index (χ4n) is 2.12. The Morgan fingerprint density at radius 3 is 2.47 bits per heavy atom. The summed E-state index contributed by atoms with van der Waals surface area (Å²) in [4.78, 5) is 22.6. The summed E-state index contributed by atoms with van der Waals surface area (Å²) in [5.41, 5.74) is -0.821. The molecule has 0 bridgehead atoms. The Morgan fingerprint density at radius 1 is 1.42 bits per heavy atom. The van der Waals surface area contributed by atoms with Crippen LogP contribution in [0.3, 0.4) is 0 Å². The topological polar surface area (TPSA) is 113 Å². The maximum Gasteiger partial charge on any atom is 0.326 e. The van der Waals surface area contributed by atoms with Gasteiger partial charge in [0.15, 0.2) is 9.84 Å². The zero-order chi connectivity index (χ0) is 14.7. The molecule has 0 aromatic rings. The SMILES string of the molecule is CCC[C@H](NC(=O)NC1(C)CCS(=O)(=O)C1)C(=O)O. The van der Waals surface area contributed by atoms with E-state index in [4.69, 9.17) is 5.11 Å². The summed E-state index contributed by atoms with van der Waals surface area (Å²) in [6, 6.07) is -1.59. The quantitative estimate of drug-likeness (QED) is 0.666. The van der Waals surface area contributed by atoms with E-state index in [1.165, 1.54) is 0 Å². The van der Waals surface area contributed by atoms with E-state index >= 15 is 0 Å². The molecular formula is C11H20N2O5S. The number of carboxylic acid groups (broad SMARTS) is 1. The molecule has 2 atom stereocenters. The normalized spacial score (nSPS) is 26.6. The predicted octanol–water partition coefficient (Wildman–Crippen LogP) is 0.116. The Kier molecular flexibility index (Phi) is 4.78. The summed E-state index contributed by atoms with van der Waals surface area (Å²) in [7, 11) is -3.11. The van der Waals surface area contributed by atoms with Gasteiger partial charge in [-0.1, -0.05) is 13.3 Å². The minimum absolute atomic E-state index is 0.0428. The predicted molar refractivity (Wildman–Crippen MR) is 69.7 cm³/mol. The largest absolute Gasteiger partial charge is 0.480 e. The molecule has 0 aromatic carbocycles. The summed E-state index contributed by atoms with van der Waals surface area (Å²) >= 11 is 0. The number of nitrogens with one attached hydrogen (secondary N) is 2. The third kappa shape index (κ3) is 4.70. The lowest BCUT2D eigenvalue weighted by Gasteiger charge is -2.25. The van der Waals surface area contributed by atoms with Crippen LogP contribution < -0.4 is 10.6 Å². The van der Waals surface area contributed by atoms with Crippen LogP contribution in [-0.2, 0) is 14.6 Å². The number of hydrogen-bond donors (Lipinski definition) is 3. The number of amides is 2. The van der Waals surface area contributed by atoms with Gasteiger partial charge in [-0.05, 0) is 19.8 Å². The van der Waals surface area contributed by atoms with Crippen LogP contribution in [0, 0.1) is 0 Å². The summed E-state index contributed by atoms with van der Waals surface area (Å²) in [6.07, 6.45) is 1.30. The van der Waals surface area contributed by atoms with E-state index < -0.39 is 33.4 Å². The van der Waals surface area contributed by atoms with Crippen molar-refractivity contribution in [1.29, 1.82) is 0 Å². The second-order valence-electron chi connectivity index (χ2n) is 5.18. The average molecular weight is 292 g/mol. The van der Waals surface area contributed by atoms with E-state index in [1.54, 1.807) is 6.92 Å². The van der Waals surface area contributed by atoms with Crippen LogP contribution >= 0.6 is 0 Å². The van der Waals surface area contributed by atoms with Gasteiger partial charge < -0.3 is 15.7 Å². The number of hydrogen-bond acceptors (Lipinski definition) is 4. The van der Waals surface area contributed by atoms with Crippen molar-refractivity contribution in [2.24, 2.45) is 0 Å². The molecule has 0 radical (unpaired) electrons. The maximum atomic E-state index is 11.7. The molecule has 0 spiro atoms. The standard InChI is InChI=1S/C11H20N2O5S/c1-3-4-8(9(14)15)12-10(16)13-11(2)5-6-19(17,18)7-11/h8H,3-7H2,1-2H3,(H,14,15)(H2,12,13,16)/t8-,11?/m0/s1. The lowest BCUT2D eigenvalue weighted by molar-refractivity contribution is -0.139. The Morgan fingerprint density at radius 2 is 2.05 bits per heavy atom. The summed E-state index contributed by atoms with van der Waals surface area (Å²) in [5, 5.41) is 13.8. The van der Waals surface area contributed by atoms with Gasteiger partial charge >= 0.3 is 12.0 Å². The second-order valence-corrected chi connectivity index (χ2v) is 7.36. The minimum atomic E-state index is -3.11. The van der Waals surface area contributed by atoms with Gasteiger partial charge in [0.05, 0.1) is 17.0 Å². The molecule has 19 heavy (non-hydrogen) atoms. The molecule has 1 heterocycles. The van der Waals surface area contributed by atoms with E-state index in [1.807, 2.05) is 6.92 Å². The van der Waals surface area contributed by atoms with Gasteiger partial charge in [0.25, 0.3) is 0 Å². The van der Waals surface area contributed by atoms with Gasteiger partial charge in [0.2, 0.25) is 0 Å². The van der Waals surface area contributed by atoms with Crippen LogP contribution in [0.1, 0.15) is 33.1 Å². The molecule has 0 aliphatic carbocycles. The number of carboxylic acids is 1. The molecule has 110 valence electrons. The van der Waals surface area contributed by atoms with Crippen molar-refractivity contribution in [2.75, 3.05) is 11.5 Å². The highest BCUT2D eigenvalue weighted by Gasteiger charge is 2.39. The van der Waals surface area contributed by atoms with Gasteiger partial charge in [-0.3, -0.25) is 0 Å². The molecule has 3 N–H and O–H groups in total. The van der Waals surface area contributed by atoms with E-state index in [-0.39, 0.29) is 11.5 Å². The molecule has 1 aliphatic rings. The van der Waals surface area contributed by atoms with Gasteiger partial charge in [-0.2, -0.15) is 0 Å². The van der Waals surface area contributed by atoms with Crippen LogP contribution in [0.15, 0.2) is 0 Å². The molecule has 7 nitrogen and oxygen atoms in total. The number of carbonyl (C=O) groups is 2. The Labute approximate surface area is 112 Å². The van der Waals surface area contributed by atoms with Crippen molar-refractivity contribution in [3.63, 3.8) is 0 Å². The highest BCUT2D eigenvalue weighted by molar-refractivity contribution is 7.91. The first-order chi connectivity index (χ1) is 8.67. The van der Waals surface area contributed by atoms with Crippen LogP contribution in [-0.4, -0.2) is 48.6 Å². The fraction of sp³-hybridized carbons (Fsp3) is 0.818. The zero-order valence-electron chi connectivity index (χ0n) is 11.1. The molecule has 0 saturated carbocycles. The number of urea groups is 1. The van der Waals surface area contributed by atoms with Crippen molar-refractivity contribution >= 4 is 21.8 Å². The summed E-state index contributed by atoms with van der Waals surface area (Å²) in [5.74, 6) is -1.17. The zero-order valence-corrected chi connectivity index (χ0v) is 11.9. The van der Waals surface area contributed by atoms with Crippen LogP contribution in [0.5, 0.6) is 0 Å². The second kappa shape index (κ2) is 5.77. The Hall–Kier alpha value is -1.31. The first-order valence-electron chi connectivity index (χ1n) is 6.19. The molecule has 1 aliphatic heterocycles. The average Bonchev–Trinajstić information content (AvgIpc) is 2.51. The van der Waals surface area contributed by atoms with Crippen molar-refractivity contribution in [3.05, 3.63) is 0 Å². The molecule has 1 saturated heterocycles. The monoisotopic (exact) mass is 292 g/mol. The number of sulfone groups is 1. The van der Waals surface area contributed by atoms with Crippen molar-refractivity contribution in [3.8, 4) is 0 Å². The number of aliphatic carboxylic acids is 1. The molecule has 2 amide bonds. The van der Waals surface area contributed by atoms with Crippen LogP contribution in [0.2, 0.25) is 0 Å². The van der Waals surface area contributed by atoms with Gasteiger partial charge in [-0.15, -0.1) is 0 Å². The van der Waals surface area contributed by atoms with Gasteiger partial charge in [0, 0.05) is 0 Å². The van der Waals surface area contributed by atoms with E-state index in [2.05, 4.69) is 10.6 Å². The Bertz CT molecular complexity index is 462. The molecule has 1 unspecified atom stereocenters. The number of carbonyl (C=O) groups excluding carboxylic acids is 1. The highest BCUT2D eigenvalue weighted by Crippen LogP contribution is 2.22. The van der Waals surface area contributed by atoms with Gasteiger partial charge in [0.1, 0.15) is 6.04 Å². The van der Waals surface area contributed by atoms with E-state index in [0.29, 0.717) is 19.3 Å². The third-order valence-electron chi connectivity index (χ3n) is 3.10. The van der Waals surface area contributed by atoms with Crippen LogP contribution in [0.25, 0.3) is 0 Å². The smallest absolute Gasteiger partial charge is 0.326 e. The van der Waals surface area contributed by atoms with E-state index in [0.717, 1.165) is 0 Å². The third-order valence-corrected chi connectivity index (χ3v) is 5.00. The highest BCUT2D eigenvalue weighted by atomic mass is 32.2. The van der Waals surface area contributed by atoms with Crippen molar-refractivity contribution in [1.82, 2.24) is 10.6 Å². The summed E-state index contributed by atoms with van der Waals surface area (Å²) in [6.45, 7) is 3.47. The van der Waals surface area contributed by atoms with Crippen molar-refractivity contribution in [2.45, 2.75) is 44.7 Å². The molecule has 0 aromatic heterocycles. The number of rotatable bonds is 5. The first-order valence-corrected chi connectivity index (χ1v) is 8.01. The lowest BCUT2D eigenvalue weighted by Crippen LogP contribution is -2.54. The fourth-order valence-corrected chi connectivity index (χ4v) is 4.22. The molecule has 1 fully saturated rings. The first kappa shape index (κ1) is 15.7. The molecule has 1 rings (SSSR count). The van der Waals surface area contributed by atoms with Crippen LogP contribution in [0.4, 0.5) is 4.79 Å². The van der Waals surface area contributed by atoms with Crippen molar-refractivity contribution < 1.29 is 23.1 Å². The lowest BCUT2D eigenvalue weighted by atomic mass is 10.0. The Balaban J connectivity index is 2.58. The summed E-state index contributed by atoms with van der Waals surface area (Å²) < 4.78 is 22.8. The van der Waals surface area contributed by atoms with E-state index in [9.17, 15) is 18.0 Å².